The molecule has 5 atom stereocenters. The van der Waals surface area contributed by atoms with Gasteiger partial charge in [0.15, 0.2) is 0 Å². The number of aliphatic carboxylic acids is 1. The molecule has 3 N–H and O–H groups in total. The molecule has 0 radical (unpaired) electrons. The molecule has 1 unspecified atom stereocenters. The third-order valence-corrected chi connectivity index (χ3v) is 8.65. The molecule has 2 saturated carbocycles. The number of unbranched alkanes of at least 4 members (excludes halogenated alkanes) is 6. The molecular weight excluding hydrogens is 400 g/mol. The highest BCUT2D eigenvalue weighted by atomic mass is 16.4. The zero-order valence-corrected chi connectivity index (χ0v) is 20.2. The minimum absolute atomic E-state index is 0.0883. The Balaban J connectivity index is 0.000000210. The predicted octanol–water partition coefficient (Wildman–Crippen LogP) is 6.82. The number of rotatable bonds is 8. The van der Waals surface area contributed by atoms with Gasteiger partial charge in [0.05, 0.1) is 6.10 Å². The van der Waals surface area contributed by atoms with E-state index in [2.05, 4.69) is 19.9 Å². The lowest BCUT2D eigenvalue weighted by Gasteiger charge is -2.50. The average molecular weight is 445 g/mol. The molecule has 3 aliphatic rings. The highest BCUT2D eigenvalue weighted by Gasteiger charge is 2.54. The number of carboxylic acids is 1. The monoisotopic (exact) mass is 444 g/mol. The number of carbonyl (C=O) groups is 1. The molecule has 0 spiro atoms. The molecule has 4 rings (SSSR count). The van der Waals surface area contributed by atoms with E-state index in [1.165, 1.54) is 62.5 Å². The number of aliphatic hydroxyl groups excluding tert-OH is 1. The summed E-state index contributed by atoms with van der Waals surface area (Å²) in [7, 11) is 0. The number of aryl methyl sites for hydroxylation is 1. The second kappa shape index (κ2) is 11.5. The number of hydrogen-bond donors (Lipinski definition) is 3. The van der Waals surface area contributed by atoms with E-state index < -0.39 is 5.97 Å². The molecule has 0 amide bonds. The van der Waals surface area contributed by atoms with Crippen molar-refractivity contribution < 1.29 is 20.1 Å². The third kappa shape index (κ3) is 5.87. The van der Waals surface area contributed by atoms with Gasteiger partial charge in [0.2, 0.25) is 0 Å². The molecule has 0 aromatic heterocycles. The minimum atomic E-state index is -0.663. The predicted molar refractivity (Wildman–Crippen MR) is 129 cm³/mol. The smallest absolute Gasteiger partial charge is 0.303 e. The van der Waals surface area contributed by atoms with Crippen LogP contribution < -0.4 is 0 Å². The summed E-state index contributed by atoms with van der Waals surface area (Å²) in [6.07, 6.45) is 15.4. The Labute approximate surface area is 194 Å². The van der Waals surface area contributed by atoms with Gasteiger partial charge >= 0.3 is 5.97 Å². The lowest BCUT2D eigenvalue weighted by atomic mass is 9.55. The summed E-state index contributed by atoms with van der Waals surface area (Å²) in [5.74, 6) is 1.83. The summed E-state index contributed by atoms with van der Waals surface area (Å²) in [4.78, 5) is 10.1. The van der Waals surface area contributed by atoms with Gasteiger partial charge in [-0.3, -0.25) is 4.79 Å². The van der Waals surface area contributed by atoms with E-state index in [0.29, 0.717) is 24.0 Å². The Morgan fingerprint density at radius 2 is 1.75 bits per heavy atom. The molecule has 0 aliphatic heterocycles. The lowest BCUT2D eigenvalue weighted by molar-refractivity contribution is -0.137. The number of benzene rings is 1. The Morgan fingerprint density at radius 3 is 2.47 bits per heavy atom. The lowest BCUT2D eigenvalue weighted by Crippen LogP contribution is -2.43. The fourth-order valence-corrected chi connectivity index (χ4v) is 6.77. The summed E-state index contributed by atoms with van der Waals surface area (Å²) >= 11 is 0. The molecule has 0 heterocycles. The SMILES string of the molecule is CCCCCCCCCC(=O)O.C[C@]12CC[C@@H]3c4ccc(O)cc4CC[C@H]3[C@@H]1CCC2O. The van der Waals surface area contributed by atoms with Crippen molar-refractivity contribution in [2.24, 2.45) is 17.3 Å². The molecule has 4 heteroatoms. The van der Waals surface area contributed by atoms with Gasteiger partial charge in [0, 0.05) is 6.42 Å². The molecule has 32 heavy (non-hydrogen) atoms. The van der Waals surface area contributed by atoms with Crippen molar-refractivity contribution in [3.63, 3.8) is 0 Å². The summed E-state index contributed by atoms with van der Waals surface area (Å²) in [6.45, 7) is 4.52. The number of phenolic OH excluding ortho intramolecular Hbond substituents is 1. The van der Waals surface area contributed by atoms with Gasteiger partial charge in [0.1, 0.15) is 5.75 Å². The summed E-state index contributed by atoms with van der Waals surface area (Å²) in [5, 5.41) is 28.4. The molecule has 1 aromatic rings. The van der Waals surface area contributed by atoms with Crippen LogP contribution in [0.15, 0.2) is 18.2 Å². The highest BCUT2D eigenvalue weighted by Crippen LogP contribution is 2.60. The van der Waals surface area contributed by atoms with Gasteiger partial charge < -0.3 is 15.3 Å². The fourth-order valence-electron chi connectivity index (χ4n) is 6.77. The van der Waals surface area contributed by atoms with Crippen LogP contribution in [0.1, 0.15) is 114 Å². The summed E-state index contributed by atoms with van der Waals surface area (Å²) in [6, 6.07) is 5.96. The normalized spacial score (nSPS) is 30.5. The number of phenols is 1. The van der Waals surface area contributed by atoms with Gasteiger partial charge in [-0.15, -0.1) is 0 Å². The maximum Gasteiger partial charge on any atom is 0.303 e. The van der Waals surface area contributed by atoms with Crippen molar-refractivity contribution in [2.45, 2.75) is 116 Å². The number of aromatic hydroxyl groups is 1. The van der Waals surface area contributed by atoms with Crippen molar-refractivity contribution in [3.05, 3.63) is 29.3 Å². The van der Waals surface area contributed by atoms with Crippen LogP contribution in [0, 0.1) is 17.3 Å². The first kappa shape index (κ1) is 25.1. The average Bonchev–Trinajstić information content (AvgIpc) is 3.07. The molecule has 0 saturated heterocycles. The maximum atomic E-state index is 10.4. The van der Waals surface area contributed by atoms with E-state index >= 15 is 0 Å². The van der Waals surface area contributed by atoms with Gasteiger partial charge in [-0.25, -0.2) is 0 Å². The quantitative estimate of drug-likeness (QED) is 0.384. The third-order valence-electron chi connectivity index (χ3n) is 8.65. The van der Waals surface area contributed by atoms with Crippen LogP contribution in [-0.4, -0.2) is 27.4 Å². The van der Waals surface area contributed by atoms with Crippen molar-refractivity contribution >= 4 is 5.97 Å². The largest absolute Gasteiger partial charge is 0.508 e. The molecule has 3 aliphatic carbocycles. The number of carboxylic acid groups (broad SMARTS) is 1. The first-order valence-corrected chi connectivity index (χ1v) is 13.1. The van der Waals surface area contributed by atoms with E-state index in [9.17, 15) is 15.0 Å². The van der Waals surface area contributed by atoms with Crippen LogP contribution >= 0.6 is 0 Å². The summed E-state index contributed by atoms with van der Waals surface area (Å²) in [5.41, 5.74) is 2.99. The van der Waals surface area contributed by atoms with E-state index in [1.807, 2.05) is 12.1 Å². The second-order valence-electron chi connectivity index (χ2n) is 10.7. The van der Waals surface area contributed by atoms with Gasteiger partial charge in [-0.1, -0.05) is 58.4 Å². The van der Waals surface area contributed by atoms with Gasteiger partial charge in [-0.05, 0) is 91.4 Å². The molecule has 180 valence electrons. The van der Waals surface area contributed by atoms with Crippen molar-refractivity contribution in [1.29, 1.82) is 0 Å². The zero-order valence-electron chi connectivity index (χ0n) is 20.2. The minimum Gasteiger partial charge on any atom is -0.508 e. The van der Waals surface area contributed by atoms with E-state index in [1.54, 1.807) is 0 Å². The van der Waals surface area contributed by atoms with Crippen molar-refractivity contribution in [3.8, 4) is 5.75 Å². The second-order valence-corrected chi connectivity index (χ2v) is 10.7. The maximum absolute atomic E-state index is 10.4. The van der Waals surface area contributed by atoms with Crippen molar-refractivity contribution in [1.82, 2.24) is 0 Å². The topological polar surface area (TPSA) is 77.8 Å². The number of hydrogen-bond acceptors (Lipinski definition) is 3. The Kier molecular flexibility index (Phi) is 9.04. The van der Waals surface area contributed by atoms with Crippen molar-refractivity contribution in [2.75, 3.05) is 0 Å². The van der Waals surface area contributed by atoms with Crippen LogP contribution in [0.3, 0.4) is 0 Å². The molecule has 2 fully saturated rings. The number of aliphatic hydroxyl groups is 1. The Hall–Kier alpha value is -1.55. The first-order chi connectivity index (χ1) is 15.4. The van der Waals surface area contributed by atoms with Crippen LogP contribution in [0.5, 0.6) is 5.75 Å². The van der Waals surface area contributed by atoms with Crippen LogP contribution in [0.25, 0.3) is 0 Å². The van der Waals surface area contributed by atoms with E-state index in [4.69, 9.17) is 5.11 Å². The molecule has 1 aromatic carbocycles. The van der Waals surface area contributed by atoms with E-state index in [0.717, 1.165) is 38.0 Å². The van der Waals surface area contributed by atoms with Crippen LogP contribution in [0.2, 0.25) is 0 Å². The number of fused-ring (bicyclic) bond motifs is 5. The van der Waals surface area contributed by atoms with Gasteiger partial charge in [-0.2, -0.15) is 0 Å². The van der Waals surface area contributed by atoms with Crippen LogP contribution in [0.4, 0.5) is 0 Å². The van der Waals surface area contributed by atoms with Gasteiger partial charge in [0.25, 0.3) is 0 Å². The summed E-state index contributed by atoms with van der Waals surface area (Å²) < 4.78 is 0. The molecule has 4 nitrogen and oxygen atoms in total. The first-order valence-electron chi connectivity index (χ1n) is 13.1. The fraction of sp³-hybridized carbons (Fsp3) is 0.750. The molecular formula is C28H44O4. The van der Waals surface area contributed by atoms with E-state index in [-0.39, 0.29) is 11.5 Å². The highest BCUT2D eigenvalue weighted by molar-refractivity contribution is 5.66. The molecule has 0 bridgehead atoms. The standard InChI is InChI=1S/C18H24O2.C10H20O2/c1-18-9-8-14-13-5-3-12(19)10-11(13)2-4-15(14)16(18)6-7-17(18)20;1-2-3-4-5-6-7-8-9-10(11)12/h3,5,10,14-17,19-20H,2,4,6-9H2,1H3;2-9H2,1H3,(H,11,12)/t14-,15-,16+,17?,18+;/m1./s1. The Bertz CT molecular complexity index is 745. The Morgan fingerprint density at radius 1 is 1.03 bits per heavy atom. The van der Waals surface area contributed by atoms with Crippen LogP contribution in [-0.2, 0) is 11.2 Å². The zero-order chi connectivity index (χ0) is 23.1.